The van der Waals surface area contributed by atoms with Gasteiger partial charge in [-0.3, -0.25) is 0 Å². The van der Waals surface area contributed by atoms with Crippen molar-refractivity contribution in [2.45, 2.75) is 18.8 Å². The summed E-state index contributed by atoms with van der Waals surface area (Å²) >= 11 is 4.70. The van der Waals surface area contributed by atoms with Crippen LogP contribution in [0.1, 0.15) is 24.6 Å². The summed E-state index contributed by atoms with van der Waals surface area (Å²) < 4.78 is 10.9. The van der Waals surface area contributed by atoms with Crippen LogP contribution < -0.4 is 4.74 Å². The molecule has 16 heavy (non-hydrogen) atoms. The van der Waals surface area contributed by atoms with Crippen molar-refractivity contribution < 1.29 is 4.74 Å². The van der Waals surface area contributed by atoms with Crippen LogP contribution in [0.4, 0.5) is 0 Å². The smallest absolute Gasteiger partial charge is 0.298 e. The number of hydrogen-bond acceptors (Lipinski definition) is 4. The number of benzene rings is 1. The molecule has 0 unspecified atom stereocenters. The molecule has 82 valence electrons. The fourth-order valence-corrected chi connectivity index (χ4v) is 2.27. The highest BCUT2D eigenvalue weighted by Gasteiger charge is 2.28. The molecule has 0 N–H and O–H groups in total. The first-order chi connectivity index (χ1) is 7.81. The lowest BCUT2D eigenvalue weighted by Gasteiger charge is -1.99. The summed E-state index contributed by atoms with van der Waals surface area (Å²) in [7, 11) is 0. The summed E-state index contributed by atoms with van der Waals surface area (Å²) in [5.74, 6) is 2.32. The first kappa shape index (κ1) is 10.2. The number of rotatable bonds is 3. The average Bonchev–Trinajstić information content (AvgIpc) is 3.04. The van der Waals surface area contributed by atoms with E-state index in [0.29, 0.717) is 11.1 Å². The molecule has 1 aromatic carbocycles. The Kier molecular flexibility index (Phi) is 2.65. The average molecular weight is 297 g/mol. The van der Waals surface area contributed by atoms with Crippen molar-refractivity contribution in [3.05, 3.63) is 34.6 Å². The molecule has 0 saturated heterocycles. The third kappa shape index (κ3) is 2.25. The van der Waals surface area contributed by atoms with E-state index in [1.54, 1.807) is 0 Å². The normalized spacial score (nSPS) is 15.1. The number of hydrogen-bond donors (Lipinski definition) is 0. The Labute approximate surface area is 106 Å². The lowest BCUT2D eigenvalue weighted by atomic mass is 10.3. The molecule has 1 fully saturated rings. The molecule has 0 spiro atoms. The Morgan fingerprint density at radius 2 is 2.00 bits per heavy atom. The first-order valence-electron chi connectivity index (χ1n) is 5.08. The predicted molar refractivity (Wildman–Crippen MR) is 66.1 cm³/mol. The van der Waals surface area contributed by atoms with Gasteiger partial charge in [0.1, 0.15) is 11.6 Å². The second kappa shape index (κ2) is 4.14. The second-order valence-corrected chi connectivity index (χ2v) is 5.38. The lowest BCUT2D eigenvalue weighted by molar-refractivity contribution is 0.477. The minimum atomic E-state index is 0.582. The van der Waals surface area contributed by atoms with Gasteiger partial charge in [-0.05, 0) is 37.1 Å². The van der Waals surface area contributed by atoms with E-state index in [9.17, 15) is 0 Å². The largest absolute Gasteiger partial charge is 0.430 e. The molecule has 2 aromatic rings. The van der Waals surface area contributed by atoms with Crippen LogP contribution in [0, 0.1) is 0 Å². The molecule has 1 aromatic heterocycles. The third-order valence-corrected chi connectivity index (χ3v) is 3.52. The van der Waals surface area contributed by atoms with Gasteiger partial charge in [-0.2, -0.15) is 9.36 Å². The highest BCUT2D eigenvalue weighted by Crippen LogP contribution is 2.40. The molecule has 1 heterocycles. The molecule has 0 bridgehead atoms. The molecule has 1 saturated carbocycles. The Balaban J connectivity index is 1.75. The SMILES string of the molecule is Brc1ccc(Oc2nc(C3CC3)ns2)cc1. The van der Waals surface area contributed by atoms with Crippen molar-refractivity contribution in [2.24, 2.45) is 0 Å². The first-order valence-corrected chi connectivity index (χ1v) is 6.65. The Morgan fingerprint density at radius 3 is 2.69 bits per heavy atom. The molecule has 3 rings (SSSR count). The fraction of sp³-hybridized carbons (Fsp3) is 0.273. The standard InChI is InChI=1S/C11H9BrN2OS/c12-8-3-5-9(6-4-8)15-11-13-10(14-16-11)7-1-2-7/h3-7H,1-2H2. The number of halogens is 1. The van der Waals surface area contributed by atoms with Crippen molar-refractivity contribution >= 4 is 27.5 Å². The van der Waals surface area contributed by atoms with Gasteiger partial charge in [0.15, 0.2) is 0 Å². The van der Waals surface area contributed by atoms with Crippen molar-refractivity contribution in [3.63, 3.8) is 0 Å². The molecule has 0 amide bonds. The van der Waals surface area contributed by atoms with E-state index in [1.165, 1.54) is 24.4 Å². The van der Waals surface area contributed by atoms with Crippen LogP contribution in [0.15, 0.2) is 28.7 Å². The molecule has 1 aliphatic rings. The van der Waals surface area contributed by atoms with E-state index < -0.39 is 0 Å². The Hall–Kier alpha value is -0.940. The zero-order valence-corrected chi connectivity index (χ0v) is 10.8. The number of aromatic nitrogens is 2. The van der Waals surface area contributed by atoms with Crippen LogP contribution in [0.5, 0.6) is 10.9 Å². The van der Waals surface area contributed by atoms with Gasteiger partial charge in [-0.15, -0.1) is 0 Å². The summed E-state index contributed by atoms with van der Waals surface area (Å²) in [5, 5.41) is 0.629. The van der Waals surface area contributed by atoms with E-state index >= 15 is 0 Å². The minimum absolute atomic E-state index is 0.582. The van der Waals surface area contributed by atoms with E-state index in [0.717, 1.165) is 16.0 Å². The molecule has 1 aliphatic carbocycles. The van der Waals surface area contributed by atoms with E-state index in [1.807, 2.05) is 24.3 Å². The molecule has 0 radical (unpaired) electrons. The van der Waals surface area contributed by atoms with Gasteiger partial charge < -0.3 is 4.74 Å². The van der Waals surface area contributed by atoms with Gasteiger partial charge >= 0.3 is 0 Å². The monoisotopic (exact) mass is 296 g/mol. The second-order valence-electron chi connectivity index (χ2n) is 3.75. The van der Waals surface area contributed by atoms with Crippen LogP contribution in [0.3, 0.4) is 0 Å². The quantitative estimate of drug-likeness (QED) is 0.859. The lowest BCUT2D eigenvalue weighted by Crippen LogP contribution is -1.84. The van der Waals surface area contributed by atoms with Gasteiger partial charge in [0.25, 0.3) is 5.19 Å². The maximum atomic E-state index is 5.62. The summed E-state index contributed by atoms with van der Waals surface area (Å²) in [5.41, 5.74) is 0. The van der Waals surface area contributed by atoms with Gasteiger partial charge in [0, 0.05) is 21.9 Å². The zero-order valence-electron chi connectivity index (χ0n) is 8.39. The third-order valence-electron chi connectivity index (χ3n) is 2.38. The molecule has 3 nitrogen and oxygen atoms in total. The Bertz CT molecular complexity index is 493. The summed E-state index contributed by atoms with van der Waals surface area (Å²) in [6, 6.07) is 7.70. The van der Waals surface area contributed by atoms with Gasteiger partial charge in [0.05, 0.1) is 0 Å². The van der Waals surface area contributed by atoms with Crippen molar-refractivity contribution in [1.82, 2.24) is 9.36 Å². The maximum Gasteiger partial charge on any atom is 0.298 e. The number of ether oxygens (including phenoxy) is 1. The van der Waals surface area contributed by atoms with E-state index in [-0.39, 0.29) is 0 Å². The van der Waals surface area contributed by atoms with Gasteiger partial charge in [-0.1, -0.05) is 15.9 Å². The van der Waals surface area contributed by atoms with Crippen LogP contribution in [-0.2, 0) is 0 Å². The van der Waals surface area contributed by atoms with Crippen LogP contribution in [0.25, 0.3) is 0 Å². The van der Waals surface area contributed by atoms with Crippen molar-refractivity contribution in [2.75, 3.05) is 0 Å². The van der Waals surface area contributed by atoms with Crippen LogP contribution in [0.2, 0.25) is 0 Å². The maximum absolute atomic E-state index is 5.62. The van der Waals surface area contributed by atoms with Crippen LogP contribution in [-0.4, -0.2) is 9.36 Å². The molecule has 0 atom stereocenters. The summed E-state index contributed by atoms with van der Waals surface area (Å²) in [4.78, 5) is 4.36. The molecular formula is C11H9BrN2OS. The predicted octanol–water partition coefficient (Wildman–Crippen LogP) is 3.97. The fourth-order valence-electron chi connectivity index (χ4n) is 1.37. The summed E-state index contributed by atoms with van der Waals surface area (Å²) in [6.45, 7) is 0. The van der Waals surface area contributed by atoms with Crippen molar-refractivity contribution in [1.29, 1.82) is 0 Å². The molecule has 5 heteroatoms. The van der Waals surface area contributed by atoms with Gasteiger partial charge in [0.2, 0.25) is 0 Å². The van der Waals surface area contributed by atoms with Crippen molar-refractivity contribution in [3.8, 4) is 10.9 Å². The Morgan fingerprint density at radius 1 is 1.25 bits per heavy atom. The molecule has 0 aliphatic heterocycles. The van der Waals surface area contributed by atoms with Crippen LogP contribution >= 0.6 is 27.5 Å². The molecular weight excluding hydrogens is 288 g/mol. The minimum Gasteiger partial charge on any atom is -0.430 e. The highest BCUT2D eigenvalue weighted by molar-refractivity contribution is 9.10. The van der Waals surface area contributed by atoms with E-state index in [2.05, 4.69) is 25.3 Å². The number of nitrogens with zero attached hydrogens (tertiary/aromatic N) is 2. The van der Waals surface area contributed by atoms with E-state index in [4.69, 9.17) is 4.74 Å². The highest BCUT2D eigenvalue weighted by atomic mass is 79.9. The zero-order chi connectivity index (χ0) is 11.0. The summed E-state index contributed by atoms with van der Waals surface area (Å²) in [6.07, 6.45) is 2.43. The van der Waals surface area contributed by atoms with Gasteiger partial charge in [-0.25, -0.2) is 0 Å². The topological polar surface area (TPSA) is 35.0 Å².